The van der Waals surface area contributed by atoms with Crippen molar-refractivity contribution in [2.45, 2.75) is 37.4 Å². The number of amides is 1. The number of hydrogen-bond acceptors (Lipinski definition) is 5. The summed E-state index contributed by atoms with van der Waals surface area (Å²) in [5.74, 6) is -0.0587. The Morgan fingerprint density at radius 1 is 1.03 bits per heavy atom. The van der Waals surface area contributed by atoms with Crippen LogP contribution in [0.3, 0.4) is 0 Å². The monoisotopic (exact) mass is 504 g/mol. The number of anilines is 1. The molecule has 35 heavy (non-hydrogen) atoms. The topological polar surface area (TPSA) is 85.4 Å². The van der Waals surface area contributed by atoms with E-state index in [1.807, 2.05) is 0 Å². The second-order valence-corrected chi connectivity index (χ2v) is 10.5. The Labute approximate surface area is 201 Å². The number of alkyl halides is 3. The number of sulfone groups is 1. The fourth-order valence-electron chi connectivity index (χ4n) is 3.70. The molecule has 2 aromatic carbocycles. The largest absolute Gasteiger partial charge is 0.573 e. The number of aromatic nitrogens is 1. The molecule has 1 aliphatic carbocycles. The van der Waals surface area contributed by atoms with Gasteiger partial charge in [0.15, 0.2) is 9.84 Å². The van der Waals surface area contributed by atoms with Gasteiger partial charge in [0.2, 0.25) is 5.91 Å². The molecule has 184 valence electrons. The number of ether oxygens (including phenoxy) is 1. The number of pyridine rings is 1. The highest BCUT2D eigenvalue weighted by molar-refractivity contribution is 7.91. The first-order chi connectivity index (χ1) is 16.5. The van der Waals surface area contributed by atoms with Crippen LogP contribution in [0.15, 0.2) is 65.6 Å². The van der Waals surface area contributed by atoms with Gasteiger partial charge in [0.05, 0.1) is 17.1 Å². The Morgan fingerprint density at radius 2 is 1.71 bits per heavy atom. The van der Waals surface area contributed by atoms with E-state index in [2.05, 4.69) is 15.0 Å². The van der Waals surface area contributed by atoms with Crippen LogP contribution in [0.25, 0.3) is 11.1 Å². The Hall–Kier alpha value is -3.40. The second kappa shape index (κ2) is 9.69. The van der Waals surface area contributed by atoms with Crippen molar-refractivity contribution in [3.63, 3.8) is 0 Å². The summed E-state index contributed by atoms with van der Waals surface area (Å²) in [5, 5.41) is 2.66. The first-order valence-corrected chi connectivity index (χ1v) is 12.6. The summed E-state index contributed by atoms with van der Waals surface area (Å²) in [7, 11) is -3.32. The van der Waals surface area contributed by atoms with E-state index >= 15 is 0 Å². The number of aryl methyl sites for hydroxylation is 1. The van der Waals surface area contributed by atoms with Gasteiger partial charge >= 0.3 is 6.36 Å². The quantitative estimate of drug-likeness (QED) is 0.449. The van der Waals surface area contributed by atoms with Crippen LogP contribution in [0.5, 0.6) is 5.75 Å². The zero-order valence-electron chi connectivity index (χ0n) is 18.8. The number of carbonyl (C=O) groups is 1. The van der Waals surface area contributed by atoms with E-state index in [9.17, 15) is 26.4 Å². The summed E-state index contributed by atoms with van der Waals surface area (Å²) in [6, 6.07) is 15.1. The SMILES string of the molecule is Cc1nc(NC(=O)Cc2ccc(S(=O)(=O)CC3CC3)cc2)ccc1-c1ccccc1OC(F)(F)F. The average molecular weight is 505 g/mol. The van der Waals surface area contributed by atoms with Gasteiger partial charge in [-0.1, -0.05) is 30.3 Å². The predicted octanol–water partition coefficient (Wildman–Crippen LogP) is 5.32. The molecule has 0 unspecified atom stereocenters. The number of nitrogens with zero attached hydrogens (tertiary/aromatic N) is 1. The normalized spacial score (nSPS) is 13.9. The molecule has 1 N–H and O–H groups in total. The minimum absolute atomic E-state index is 0.00763. The molecule has 0 atom stereocenters. The third kappa shape index (κ3) is 6.60. The maximum Gasteiger partial charge on any atom is 0.573 e. The van der Waals surface area contributed by atoms with Gasteiger partial charge in [-0.2, -0.15) is 0 Å². The van der Waals surface area contributed by atoms with Crippen LogP contribution < -0.4 is 10.1 Å². The van der Waals surface area contributed by atoms with Gasteiger partial charge in [-0.3, -0.25) is 4.79 Å². The van der Waals surface area contributed by atoms with Crippen LogP contribution in [-0.4, -0.2) is 31.4 Å². The molecule has 6 nitrogen and oxygen atoms in total. The summed E-state index contributed by atoms with van der Waals surface area (Å²) in [6.07, 6.45) is -2.93. The van der Waals surface area contributed by atoms with Crippen molar-refractivity contribution in [1.29, 1.82) is 0 Å². The molecule has 0 saturated heterocycles. The van der Waals surface area contributed by atoms with Crippen molar-refractivity contribution in [1.82, 2.24) is 4.98 Å². The zero-order chi connectivity index (χ0) is 25.2. The van der Waals surface area contributed by atoms with Gasteiger partial charge < -0.3 is 10.1 Å². The Kier molecular flexibility index (Phi) is 6.84. The molecule has 0 radical (unpaired) electrons. The van der Waals surface area contributed by atoms with Crippen molar-refractivity contribution in [2.75, 3.05) is 11.1 Å². The van der Waals surface area contributed by atoms with Crippen LogP contribution in [0.2, 0.25) is 0 Å². The number of nitrogens with one attached hydrogen (secondary N) is 1. The molecular formula is C25H23F3N2O4S. The fourth-order valence-corrected chi connectivity index (χ4v) is 5.39. The Balaban J connectivity index is 1.42. The van der Waals surface area contributed by atoms with E-state index in [1.165, 1.54) is 36.4 Å². The number of halogens is 3. The van der Waals surface area contributed by atoms with E-state index in [-0.39, 0.29) is 46.0 Å². The van der Waals surface area contributed by atoms with Crippen molar-refractivity contribution in [3.8, 4) is 16.9 Å². The third-order valence-electron chi connectivity index (χ3n) is 5.56. The Bertz CT molecular complexity index is 1340. The number of carbonyl (C=O) groups excluding carboxylic acids is 1. The zero-order valence-corrected chi connectivity index (χ0v) is 19.6. The summed E-state index contributed by atoms with van der Waals surface area (Å²) in [5.41, 5.74) is 1.71. The number of benzene rings is 2. The highest BCUT2D eigenvalue weighted by atomic mass is 32.2. The van der Waals surface area contributed by atoms with Gasteiger partial charge in [0.25, 0.3) is 0 Å². The first-order valence-electron chi connectivity index (χ1n) is 10.9. The summed E-state index contributed by atoms with van der Waals surface area (Å²) in [4.78, 5) is 17.0. The Morgan fingerprint density at radius 3 is 2.34 bits per heavy atom. The molecule has 1 fully saturated rings. The van der Waals surface area contributed by atoms with Crippen molar-refractivity contribution in [3.05, 3.63) is 71.9 Å². The van der Waals surface area contributed by atoms with Gasteiger partial charge in [0, 0.05) is 16.8 Å². The molecule has 1 aliphatic rings. The lowest BCUT2D eigenvalue weighted by atomic mass is 10.0. The summed E-state index contributed by atoms with van der Waals surface area (Å²) >= 11 is 0. The maximum absolute atomic E-state index is 12.7. The molecular weight excluding hydrogens is 481 g/mol. The lowest BCUT2D eigenvalue weighted by molar-refractivity contribution is -0.274. The molecule has 0 aliphatic heterocycles. The summed E-state index contributed by atoms with van der Waals surface area (Å²) in [6.45, 7) is 1.62. The molecule has 10 heteroatoms. The van der Waals surface area contributed by atoms with Crippen molar-refractivity contribution >= 4 is 21.6 Å². The van der Waals surface area contributed by atoms with E-state index in [0.717, 1.165) is 12.8 Å². The van der Waals surface area contributed by atoms with E-state index in [1.54, 1.807) is 31.2 Å². The predicted molar refractivity (Wildman–Crippen MR) is 125 cm³/mol. The molecule has 1 amide bonds. The molecule has 1 aromatic heterocycles. The van der Waals surface area contributed by atoms with Gasteiger partial charge in [0.1, 0.15) is 11.6 Å². The van der Waals surface area contributed by atoms with Gasteiger partial charge in [-0.25, -0.2) is 13.4 Å². The standard InChI is InChI=1S/C25H23F3N2O4S/c1-16-20(21-4-2-3-5-22(21)34-25(26,27)28)12-13-23(29-16)30-24(31)14-17-8-10-19(11-9-17)35(32,33)15-18-6-7-18/h2-5,8-13,18H,6-7,14-15H2,1H3,(H,29,30,31). The van der Waals surface area contributed by atoms with E-state index in [4.69, 9.17) is 0 Å². The van der Waals surface area contributed by atoms with Crippen molar-refractivity contribution in [2.24, 2.45) is 5.92 Å². The van der Waals surface area contributed by atoms with E-state index < -0.39 is 16.2 Å². The average Bonchev–Trinajstić information content (AvgIpc) is 3.57. The molecule has 0 bridgehead atoms. The molecule has 4 rings (SSSR count). The molecule has 3 aromatic rings. The van der Waals surface area contributed by atoms with Gasteiger partial charge in [-0.15, -0.1) is 13.2 Å². The smallest absolute Gasteiger partial charge is 0.405 e. The highest BCUT2D eigenvalue weighted by Gasteiger charge is 2.32. The number of hydrogen-bond donors (Lipinski definition) is 1. The highest BCUT2D eigenvalue weighted by Crippen LogP contribution is 2.35. The lowest BCUT2D eigenvalue weighted by Crippen LogP contribution is -2.18. The van der Waals surface area contributed by atoms with Crippen LogP contribution in [0, 0.1) is 12.8 Å². The van der Waals surface area contributed by atoms with Crippen LogP contribution in [-0.2, 0) is 21.1 Å². The maximum atomic E-state index is 12.7. The molecule has 1 saturated carbocycles. The first kappa shape index (κ1) is 24.7. The second-order valence-electron chi connectivity index (χ2n) is 8.47. The molecule has 0 spiro atoms. The van der Waals surface area contributed by atoms with Crippen molar-refractivity contribution < 1.29 is 31.1 Å². The van der Waals surface area contributed by atoms with Crippen LogP contribution >= 0.6 is 0 Å². The minimum Gasteiger partial charge on any atom is -0.405 e. The van der Waals surface area contributed by atoms with E-state index in [0.29, 0.717) is 16.8 Å². The lowest BCUT2D eigenvalue weighted by Gasteiger charge is -2.15. The minimum atomic E-state index is -4.83. The van der Waals surface area contributed by atoms with Gasteiger partial charge in [-0.05, 0) is 61.6 Å². The molecule has 1 heterocycles. The third-order valence-corrected chi connectivity index (χ3v) is 7.46. The number of para-hydroxylation sites is 1. The number of rotatable bonds is 8. The van der Waals surface area contributed by atoms with Crippen LogP contribution in [0.1, 0.15) is 24.1 Å². The summed E-state index contributed by atoms with van der Waals surface area (Å²) < 4.78 is 67.1. The fraction of sp³-hybridized carbons (Fsp3) is 0.280. The van der Waals surface area contributed by atoms with Crippen LogP contribution in [0.4, 0.5) is 19.0 Å².